The van der Waals surface area contributed by atoms with Gasteiger partial charge in [0.2, 0.25) is 0 Å². The van der Waals surface area contributed by atoms with Gasteiger partial charge in [-0.1, -0.05) is 12.2 Å². The van der Waals surface area contributed by atoms with Gasteiger partial charge < -0.3 is 4.98 Å². The van der Waals surface area contributed by atoms with Crippen LogP contribution in [0.3, 0.4) is 0 Å². The van der Waals surface area contributed by atoms with E-state index in [1.165, 1.54) is 12.8 Å². The summed E-state index contributed by atoms with van der Waals surface area (Å²) in [6.07, 6.45) is 3.79. The highest BCUT2D eigenvalue weighted by Gasteiger charge is 2.22. The fraction of sp³-hybridized carbons (Fsp3) is 0.600. The fourth-order valence-electron chi connectivity index (χ4n) is 1.40. The van der Waals surface area contributed by atoms with Gasteiger partial charge in [-0.05, 0) is 32.6 Å². The second-order valence-corrected chi connectivity index (χ2v) is 4.27. The van der Waals surface area contributed by atoms with E-state index in [9.17, 15) is 0 Å². The minimum atomic E-state index is 0.756. The first-order valence-corrected chi connectivity index (χ1v) is 5.14. The van der Waals surface area contributed by atoms with Crippen molar-refractivity contribution in [2.75, 3.05) is 0 Å². The second kappa shape index (κ2) is 3.22. The van der Waals surface area contributed by atoms with Gasteiger partial charge in [0.05, 0.1) is 0 Å². The van der Waals surface area contributed by atoms with Crippen LogP contribution in [0.5, 0.6) is 0 Å². The maximum Gasteiger partial charge on any atom is 0.132 e. The van der Waals surface area contributed by atoms with E-state index in [0.717, 1.165) is 34.1 Å². The molecule has 0 aliphatic heterocycles. The van der Waals surface area contributed by atoms with Crippen LogP contribution < -0.4 is 0 Å². The second-order valence-electron chi connectivity index (χ2n) is 3.89. The van der Waals surface area contributed by atoms with Gasteiger partial charge in [-0.2, -0.15) is 0 Å². The lowest BCUT2D eigenvalue weighted by molar-refractivity contribution is 0.758. The van der Waals surface area contributed by atoms with Gasteiger partial charge in [-0.3, -0.25) is 0 Å². The Labute approximate surface area is 83.4 Å². The highest BCUT2D eigenvalue weighted by molar-refractivity contribution is 7.71. The molecule has 13 heavy (non-hydrogen) atoms. The molecule has 1 N–H and O–H groups in total. The van der Waals surface area contributed by atoms with Gasteiger partial charge in [0, 0.05) is 17.7 Å². The summed E-state index contributed by atoms with van der Waals surface area (Å²) < 4.78 is 0.756. The molecule has 0 bridgehead atoms. The smallest absolute Gasteiger partial charge is 0.132 e. The zero-order valence-corrected chi connectivity index (χ0v) is 8.87. The van der Waals surface area contributed by atoms with Crippen LogP contribution in [0.1, 0.15) is 29.9 Å². The molecule has 0 atom stereocenters. The van der Waals surface area contributed by atoms with Crippen LogP contribution in [0.25, 0.3) is 0 Å². The van der Waals surface area contributed by atoms with E-state index in [1.807, 2.05) is 6.92 Å². The van der Waals surface area contributed by atoms with Crippen molar-refractivity contribution in [1.29, 1.82) is 0 Å². The van der Waals surface area contributed by atoms with E-state index in [2.05, 4.69) is 16.9 Å². The SMILES string of the molecule is Cc1[nH]c(CC2CC2)nc(=S)c1C. The number of rotatable bonds is 2. The van der Waals surface area contributed by atoms with Crippen molar-refractivity contribution in [2.24, 2.45) is 5.92 Å². The predicted molar refractivity (Wildman–Crippen MR) is 55.3 cm³/mol. The molecule has 0 amide bonds. The number of H-pyrrole nitrogens is 1. The van der Waals surface area contributed by atoms with Gasteiger partial charge in [-0.15, -0.1) is 0 Å². The average molecular weight is 194 g/mol. The van der Waals surface area contributed by atoms with Crippen LogP contribution in [0.4, 0.5) is 0 Å². The molecule has 0 unspecified atom stereocenters. The Morgan fingerprint density at radius 3 is 2.69 bits per heavy atom. The van der Waals surface area contributed by atoms with Crippen LogP contribution in [0.15, 0.2) is 0 Å². The van der Waals surface area contributed by atoms with Crippen LogP contribution in [0, 0.1) is 24.4 Å². The van der Waals surface area contributed by atoms with Gasteiger partial charge >= 0.3 is 0 Å². The highest BCUT2D eigenvalue weighted by atomic mass is 32.1. The molecule has 2 nitrogen and oxygen atoms in total. The van der Waals surface area contributed by atoms with Gasteiger partial charge in [0.15, 0.2) is 0 Å². The molecule has 1 saturated carbocycles. The van der Waals surface area contributed by atoms with E-state index in [4.69, 9.17) is 12.2 Å². The molecule has 1 aliphatic carbocycles. The maximum atomic E-state index is 5.17. The summed E-state index contributed by atoms with van der Waals surface area (Å²) in [4.78, 5) is 7.68. The van der Waals surface area contributed by atoms with Crippen molar-refractivity contribution in [2.45, 2.75) is 33.1 Å². The molecule has 0 aromatic carbocycles. The number of nitrogens with one attached hydrogen (secondary N) is 1. The molecule has 1 aliphatic rings. The monoisotopic (exact) mass is 194 g/mol. The molecule has 3 heteroatoms. The standard InChI is InChI=1S/C10H14N2S/c1-6-7(2)11-9(12-10(6)13)5-8-3-4-8/h8H,3-5H2,1-2H3,(H,11,12,13). The Morgan fingerprint density at radius 1 is 1.46 bits per heavy atom. The predicted octanol–water partition coefficient (Wildman–Crippen LogP) is 2.71. The van der Waals surface area contributed by atoms with Gasteiger partial charge in [0.1, 0.15) is 10.5 Å². The number of aromatic amines is 1. The Bertz CT molecular complexity index is 377. The summed E-state index contributed by atoms with van der Waals surface area (Å²) in [6, 6.07) is 0. The summed E-state index contributed by atoms with van der Waals surface area (Å²) in [5.41, 5.74) is 2.27. The fourth-order valence-corrected chi connectivity index (χ4v) is 1.66. The van der Waals surface area contributed by atoms with E-state index in [0.29, 0.717) is 0 Å². The Morgan fingerprint density at radius 2 is 2.15 bits per heavy atom. The van der Waals surface area contributed by atoms with Crippen molar-refractivity contribution in [3.63, 3.8) is 0 Å². The first-order chi connectivity index (χ1) is 6.16. The van der Waals surface area contributed by atoms with Crippen LogP contribution in [-0.4, -0.2) is 9.97 Å². The summed E-state index contributed by atoms with van der Waals surface area (Å²) >= 11 is 5.17. The zero-order valence-electron chi connectivity index (χ0n) is 8.05. The van der Waals surface area contributed by atoms with E-state index >= 15 is 0 Å². The van der Waals surface area contributed by atoms with Gasteiger partial charge in [0.25, 0.3) is 0 Å². The third-order valence-corrected chi connectivity index (χ3v) is 3.03. The number of aromatic nitrogens is 2. The Balaban J connectivity index is 2.31. The summed E-state index contributed by atoms with van der Waals surface area (Å²) in [7, 11) is 0. The number of hydrogen-bond donors (Lipinski definition) is 1. The van der Waals surface area contributed by atoms with Gasteiger partial charge in [-0.25, -0.2) is 4.98 Å². The minimum Gasteiger partial charge on any atom is -0.347 e. The normalized spacial score (nSPS) is 16.2. The third kappa shape index (κ3) is 1.97. The number of hydrogen-bond acceptors (Lipinski definition) is 2. The molecule has 1 fully saturated rings. The van der Waals surface area contributed by atoms with E-state index < -0.39 is 0 Å². The molecule has 1 heterocycles. The lowest BCUT2D eigenvalue weighted by atomic mass is 10.2. The molecule has 1 aromatic heterocycles. The van der Waals surface area contributed by atoms with E-state index in [1.54, 1.807) is 0 Å². The quantitative estimate of drug-likeness (QED) is 0.733. The van der Waals surface area contributed by atoms with Crippen LogP contribution in [0.2, 0.25) is 0 Å². The average Bonchev–Trinajstić information content (AvgIpc) is 2.84. The van der Waals surface area contributed by atoms with Crippen molar-refractivity contribution in [1.82, 2.24) is 9.97 Å². The Hall–Kier alpha value is -0.700. The number of nitrogens with zero attached hydrogens (tertiary/aromatic N) is 1. The van der Waals surface area contributed by atoms with Crippen molar-refractivity contribution >= 4 is 12.2 Å². The van der Waals surface area contributed by atoms with E-state index in [-0.39, 0.29) is 0 Å². The number of aryl methyl sites for hydroxylation is 1. The first-order valence-electron chi connectivity index (χ1n) is 4.73. The third-order valence-electron chi connectivity index (χ3n) is 2.63. The molecule has 1 aromatic rings. The Kier molecular flexibility index (Phi) is 2.20. The molecule has 0 radical (unpaired) electrons. The topological polar surface area (TPSA) is 28.7 Å². The summed E-state index contributed by atoms with van der Waals surface area (Å²) in [5.74, 6) is 1.93. The lowest BCUT2D eigenvalue weighted by Gasteiger charge is -2.04. The lowest BCUT2D eigenvalue weighted by Crippen LogP contribution is -2.01. The van der Waals surface area contributed by atoms with Crippen molar-refractivity contribution in [3.8, 4) is 0 Å². The van der Waals surface area contributed by atoms with Crippen LogP contribution >= 0.6 is 12.2 Å². The molecule has 0 saturated heterocycles. The molecular weight excluding hydrogens is 180 g/mol. The summed E-state index contributed by atoms with van der Waals surface area (Å²) in [6.45, 7) is 4.07. The molecule has 0 spiro atoms. The van der Waals surface area contributed by atoms with Crippen molar-refractivity contribution in [3.05, 3.63) is 21.7 Å². The maximum absolute atomic E-state index is 5.17. The zero-order chi connectivity index (χ0) is 9.42. The molecule has 70 valence electrons. The summed E-state index contributed by atoms with van der Waals surface area (Å²) in [5, 5.41) is 0. The molecule has 2 rings (SSSR count). The van der Waals surface area contributed by atoms with Crippen LogP contribution in [-0.2, 0) is 6.42 Å². The first kappa shape index (κ1) is 8.88. The van der Waals surface area contributed by atoms with Crippen molar-refractivity contribution < 1.29 is 0 Å². The minimum absolute atomic E-state index is 0.756. The highest BCUT2D eigenvalue weighted by Crippen LogP contribution is 2.31. The largest absolute Gasteiger partial charge is 0.347 e. The molecular formula is C10H14N2S.